The summed E-state index contributed by atoms with van der Waals surface area (Å²) < 4.78 is 0. The zero-order valence-electron chi connectivity index (χ0n) is 6.19. The van der Waals surface area contributed by atoms with Crippen LogP contribution < -0.4 is 0 Å². The second kappa shape index (κ2) is 1.72. The van der Waals surface area contributed by atoms with Crippen LogP contribution in [-0.4, -0.2) is 25.0 Å². The van der Waals surface area contributed by atoms with E-state index in [1.54, 1.807) is 0 Å². The largest absolute Gasteiger partial charge is 0.306 e. The summed E-state index contributed by atoms with van der Waals surface area (Å²) in [7, 11) is 2.24. The second-order valence-corrected chi connectivity index (χ2v) is 3.84. The van der Waals surface area contributed by atoms with Crippen molar-refractivity contribution in [1.82, 2.24) is 4.90 Å². The van der Waals surface area contributed by atoms with Crippen LogP contribution in [0.5, 0.6) is 0 Å². The Hall–Kier alpha value is -0.0400. The van der Waals surface area contributed by atoms with Crippen LogP contribution in [0.1, 0.15) is 25.7 Å². The number of hydrogen-bond donors (Lipinski definition) is 0. The molecule has 2 aliphatic rings. The summed E-state index contributed by atoms with van der Waals surface area (Å²) in [5.74, 6) is 0. The monoisotopic (exact) mass is 125 g/mol. The highest BCUT2D eigenvalue weighted by molar-refractivity contribution is 4.94. The number of likely N-dealkylation sites (tertiary alicyclic amines) is 1. The fourth-order valence-corrected chi connectivity index (χ4v) is 2.24. The molecule has 0 radical (unpaired) electrons. The van der Waals surface area contributed by atoms with Gasteiger partial charge in [0.25, 0.3) is 0 Å². The normalized spacial score (nSPS) is 33.0. The van der Waals surface area contributed by atoms with Crippen molar-refractivity contribution in [2.75, 3.05) is 20.1 Å². The van der Waals surface area contributed by atoms with E-state index in [9.17, 15) is 0 Å². The zero-order valence-corrected chi connectivity index (χ0v) is 6.19. The van der Waals surface area contributed by atoms with Crippen LogP contribution in [0, 0.1) is 5.41 Å². The Bertz CT molecular complexity index is 116. The smallest absolute Gasteiger partial charge is 0.00354 e. The van der Waals surface area contributed by atoms with Crippen LogP contribution in [0.3, 0.4) is 0 Å². The molecule has 1 nitrogen and oxygen atoms in total. The maximum absolute atomic E-state index is 2.47. The molecule has 9 heavy (non-hydrogen) atoms. The van der Waals surface area contributed by atoms with E-state index in [-0.39, 0.29) is 0 Å². The Kier molecular flexibility index (Phi) is 1.10. The molecule has 1 heteroatoms. The molecular weight excluding hydrogens is 110 g/mol. The van der Waals surface area contributed by atoms with Crippen molar-refractivity contribution in [2.24, 2.45) is 5.41 Å². The van der Waals surface area contributed by atoms with Crippen molar-refractivity contribution in [3.05, 3.63) is 0 Å². The Labute approximate surface area is 57.0 Å². The molecule has 0 N–H and O–H groups in total. The summed E-state index contributed by atoms with van der Waals surface area (Å²) >= 11 is 0. The van der Waals surface area contributed by atoms with Crippen LogP contribution in [-0.2, 0) is 0 Å². The summed E-state index contributed by atoms with van der Waals surface area (Å²) in [6.07, 6.45) is 5.99. The van der Waals surface area contributed by atoms with Crippen LogP contribution in [0.2, 0.25) is 0 Å². The third-order valence-electron chi connectivity index (χ3n) is 3.04. The van der Waals surface area contributed by atoms with Crippen molar-refractivity contribution >= 4 is 0 Å². The van der Waals surface area contributed by atoms with E-state index in [1.165, 1.54) is 38.8 Å². The summed E-state index contributed by atoms with van der Waals surface area (Å²) in [5, 5.41) is 0. The van der Waals surface area contributed by atoms with E-state index in [0.717, 1.165) is 5.41 Å². The molecule has 2 fully saturated rings. The Balaban J connectivity index is 1.99. The Morgan fingerprint density at radius 2 is 2.00 bits per heavy atom. The molecule has 2 rings (SSSR count). The Morgan fingerprint density at radius 3 is 2.22 bits per heavy atom. The third kappa shape index (κ3) is 0.787. The van der Waals surface area contributed by atoms with Gasteiger partial charge in [-0.15, -0.1) is 0 Å². The topological polar surface area (TPSA) is 3.24 Å². The predicted octanol–water partition coefficient (Wildman–Crippen LogP) is 1.49. The van der Waals surface area contributed by atoms with Crippen LogP contribution in [0.4, 0.5) is 0 Å². The van der Waals surface area contributed by atoms with Gasteiger partial charge in [-0.2, -0.15) is 0 Å². The Morgan fingerprint density at radius 1 is 1.22 bits per heavy atom. The van der Waals surface area contributed by atoms with E-state index in [2.05, 4.69) is 11.9 Å². The molecule has 1 saturated heterocycles. The molecule has 0 atom stereocenters. The molecule has 1 aliphatic carbocycles. The molecule has 1 spiro atoms. The van der Waals surface area contributed by atoms with Crippen molar-refractivity contribution in [1.29, 1.82) is 0 Å². The van der Waals surface area contributed by atoms with Crippen LogP contribution in [0.25, 0.3) is 0 Å². The zero-order chi connectivity index (χ0) is 6.32. The fraction of sp³-hybridized carbons (Fsp3) is 1.00. The van der Waals surface area contributed by atoms with Crippen LogP contribution >= 0.6 is 0 Å². The van der Waals surface area contributed by atoms with Gasteiger partial charge in [0.05, 0.1) is 0 Å². The van der Waals surface area contributed by atoms with Crippen molar-refractivity contribution in [2.45, 2.75) is 25.7 Å². The lowest BCUT2D eigenvalue weighted by Crippen LogP contribution is -2.31. The molecule has 0 amide bonds. The first-order valence-electron chi connectivity index (χ1n) is 3.99. The minimum atomic E-state index is 0.814. The van der Waals surface area contributed by atoms with Gasteiger partial charge in [0.15, 0.2) is 0 Å². The highest BCUT2D eigenvalue weighted by Crippen LogP contribution is 2.47. The van der Waals surface area contributed by atoms with Gasteiger partial charge in [-0.1, -0.05) is 6.42 Å². The molecule has 52 valence electrons. The van der Waals surface area contributed by atoms with E-state index in [1.807, 2.05) is 0 Å². The highest BCUT2D eigenvalue weighted by atomic mass is 15.1. The molecule has 1 heterocycles. The van der Waals surface area contributed by atoms with Gasteiger partial charge in [-0.3, -0.25) is 0 Å². The minimum Gasteiger partial charge on any atom is -0.306 e. The SMILES string of the molecule is CN1CCC2(CCC2)C1. The van der Waals surface area contributed by atoms with Gasteiger partial charge in [-0.25, -0.2) is 0 Å². The van der Waals surface area contributed by atoms with Gasteiger partial charge in [0.2, 0.25) is 0 Å². The summed E-state index contributed by atoms with van der Waals surface area (Å²) in [4.78, 5) is 2.47. The third-order valence-corrected chi connectivity index (χ3v) is 3.04. The van der Waals surface area contributed by atoms with Gasteiger partial charge < -0.3 is 4.90 Å². The summed E-state index contributed by atoms with van der Waals surface area (Å²) in [6.45, 7) is 2.73. The molecule has 0 aromatic rings. The average molecular weight is 125 g/mol. The van der Waals surface area contributed by atoms with Gasteiger partial charge in [-0.05, 0) is 38.3 Å². The maximum atomic E-state index is 2.47. The van der Waals surface area contributed by atoms with Crippen molar-refractivity contribution in [3.63, 3.8) is 0 Å². The standard InChI is InChI=1S/C8H15N/c1-9-6-5-8(7-9)3-2-4-8/h2-7H2,1H3. The molecule has 0 aromatic carbocycles. The van der Waals surface area contributed by atoms with Crippen molar-refractivity contribution < 1.29 is 0 Å². The lowest BCUT2D eigenvalue weighted by Gasteiger charge is -2.37. The number of rotatable bonds is 0. The first-order chi connectivity index (χ1) is 4.31. The predicted molar refractivity (Wildman–Crippen MR) is 38.4 cm³/mol. The average Bonchev–Trinajstić information content (AvgIpc) is 2.09. The molecule has 0 aromatic heterocycles. The molecule has 1 aliphatic heterocycles. The molecular formula is C8H15N. The maximum Gasteiger partial charge on any atom is 0.00354 e. The lowest BCUT2D eigenvalue weighted by atomic mass is 9.68. The van der Waals surface area contributed by atoms with E-state index >= 15 is 0 Å². The highest BCUT2D eigenvalue weighted by Gasteiger charge is 2.41. The van der Waals surface area contributed by atoms with Gasteiger partial charge in [0.1, 0.15) is 0 Å². The minimum absolute atomic E-state index is 0.814. The van der Waals surface area contributed by atoms with Crippen LogP contribution in [0.15, 0.2) is 0 Å². The first-order valence-corrected chi connectivity index (χ1v) is 3.99. The quantitative estimate of drug-likeness (QED) is 0.474. The van der Waals surface area contributed by atoms with E-state index in [4.69, 9.17) is 0 Å². The number of hydrogen-bond acceptors (Lipinski definition) is 1. The summed E-state index contributed by atoms with van der Waals surface area (Å²) in [5.41, 5.74) is 0.814. The number of nitrogens with zero attached hydrogens (tertiary/aromatic N) is 1. The van der Waals surface area contributed by atoms with Gasteiger partial charge >= 0.3 is 0 Å². The van der Waals surface area contributed by atoms with E-state index < -0.39 is 0 Å². The van der Waals surface area contributed by atoms with Gasteiger partial charge in [0, 0.05) is 6.54 Å². The molecule has 0 bridgehead atoms. The van der Waals surface area contributed by atoms with E-state index in [0.29, 0.717) is 0 Å². The molecule has 1 saturated carbocycles. The second-order valence-electron chi connectivity index (χ2n) is 3.84. The first kappa shape index (κ1) is 5.72. The molecule has 0 unspecified atom stereocenters. The fourth-order valence-electron chi connectivity index (χ4n) is 2.24. The lowest BCUT2D eigenvalue weighted by molar-refractivity contribution is 0.145. The van der Waals surface area contributed by atoms with Crippen molar-refractivity contribution in [3.8, 4) is 0 Å². The summed E-state index contributed by atoms with van der Waals surface area (Å²) in [6, 6.07) is 0.